The number of hydrogen-bond donors (Lipinski definition) is 1. The minimum atomic E-state index is -4.72. The molecule has 0 heterocycles. The maximum atomic E-state index is 13.5. The van der Waals surface area contributed by atoms with Crippen LogP contribution in [0.4, 0.5) is 0 Å². The molecule has 10 heteroatoms. The zero-order valence-electron chi connectivity index (χ0n) is 52.1. The van der Waals surface area contributed by atoms with Gasteiger partial charge in [0.25, 0.3) is 7.82 Å². The van der Waals surface area contributed by atoms with E-state index in [9.17, 15) is 19.0 Å². The summed E-state index contributed by atoms with van der Waals surface area (Å²) in [5.74, 6) is -0.590. The molecule has 1 N–H and O–H groups in total. The van der Waals surface area contributed by atoms with Crippen molar-refractivity contribution in [3.05, 3.63) is 97.2 Å². The maximum absolute atomic E-state index is 13.5. The third-order valence-electron chi connectivity index (χ3n) is 14.2. The Morgan fingerprint density at radius 2 is 0.823 bits per heavy atom. The number of likely N-dealkylation sites (N-methyl/N-ethyl adjacent to an activating group) is 1. The summed E-state index contributed by atoms with van der Waals surface area (Å²) in [6.45, 7) is 6.67. The average molecular weight is 1120 g/mol. The van der Waals surface area contributed by atoms with Gasteiger partial charge in [-0.3, -0.25) is 14.2 Å². The van der Waals surface area contributed by atoms with Gasteiger partial charge in [-0.2, -0.15) is 0 Å². The molecular formula is C69H123N2O7P. The number of quaternary nitrogens is 1. The smallest absolute Gasteiger partial charge is 0.306 e. The summed E-state index contributed by atoms with van der Waals surface area (Å²) in [4.78, 5) is 40.1. The number of nitrogens with one attached hydrogen (secondary N) is 1. The molecule has 1 amide bonds. The minimum absolute atomic E-state index is 0.0354. The number of amides is 1. The number of nitrogens with zero attached hydrogens (tertiary/aromatic N) is 1. The number of carbonyl (C=O) groups excluding carboxylic acids is 2. The Morgan fingerprint density at radius 3 is 1.27 bits per heavy atom. The molecule has 0 rings (SSSR count). The van der Waals surface area contributed by atoms with E-state index in [1.54, 1.807) is 0 Å². The molecule has 79 heavy (non-hydrogen) atoms. The number of phosphoric ester groups is 1. The SMILES string of the molecule is CC\C=C/C=C/C=C/C=C\C=C\C=C\CCCCCC(=O)NC(COP(=O)([O-])OCC[N+](C)(C)C)C(/C=C\CCCCCCCCCCCCC)OC(=O)CCCCCCCCCCCCCCC/C=C/CCCCCCCC. The Balaban J connectivity index is 5.26. The predicted octanol–water partition coefficient (Wildman–Crippen LogP) is 19.7. The Morgan fingerprint density at radius 1 is 0.456 bits per heavy atom. The highest BCUT2D eigenvalue weighted by molar-refractivity contribution is 7.45. The summed E-state index contributed by atoms with van der Waals surface area (Å²) < 4.78 is 30.3. The van der Waals surface area contributed by atoms with E-state index in [4.69, 9.17) is 13.8 Å². The van der Waals surface area contributed by atoms with Gasteiger partial charge >= 0.3 is 5.97 Å². The van der Waals surface area contributed by atoms with Crippen LogP contribution in [0.5, 0.6) is 0 Å². The third-order valence-corrected chi connectivity index (χ3v) is 15.1. The highest BCUT2D eigenvalue weighted by Crippen LogP contribution is 2.38. The number of ether oxygens (including phenoxy) is 1. The quantitative estimate of drug-likeness (QED) is 0.0161. The van der Waals surface area contributed by atoms with E-state index < -0.39 is 26.6 Å². The largest absolute Gasteiger partial charge is 0.756 e. The van der Waals surface area contributed by atoms with E-state index in [-0.39, 0.29) is 31.3 Å². The second kappa shape index (κ2) is 58.1. The molecule has 0 bridgehead atoms. The Labute approximate surface area is 488 Å². The normalized spacial score (nSPS) is 14.3. The first-order valence-corrected chi connectivity index (χ1v) is 34.1. The number of esters is 1. The van der Waals surface area contributed by atoms with Crippen molar-refractivity contribution in [2.45, 2.75) is 290 Å². The van der Waals surface area contributed by atoms with Crippen LogP contribution >= 0.6 is 7.82 Å². The molecule has 0 spiro atoms. The second-order valence-electron chi connectivity index (χ2n) is 23.0. The van der Waals surface area contributed by atoms with Gasteiger partial charge in [0.05, 0.1) is 33.8 Å². The van der Waals surface area contributed by atoms with Crippen LogP contribution in [0.2, 0.25) is 0 Å². The van der Waals surface area contributed by atoms with Crippen LogP contribution in [0.1, 0.15) is 278 Å². The van der Waals surface area contributed by atoms with Gasteiger partial charge in [-0.05, 0) is 76.7 Å². The summed E-state index contributed by atoms with van der Waals surface area (Å²) in [6, 6.07) is -0.917. The van der Waals surface area contributed by atoms with Crippen molar-refractivity contribution in [1.82, 2.24) is 5.32 Å². The monoisotopic (exact) mass is 1120 g/mol. The molecule has 0 saturated heterocycles. The molecule has 0 aliphatic carbocycles. The summed E-state index contributed by atoms with van der Waals surface area (Å²) in [5.41, 5.74) is 0. The standard InChI is InChI=1S/C69H123N2O7P/c1-7-10-13-16-19-22-25-28-30-32-33-34-35-36-37-39-41-44-47-50-53-56-59-62-69(73)78-67(60-57-54-51-48-45-42-27-24-21-18-15-12-9-3)66(65-77-79(74,75)76-64-63-71(4,5)6)70-68(72)61-58-55-52-49-46-43-40-38-31-29-26-23-20-17-14-11-8-2/h11,14,17,20,23,26,28-31,38,40,43,46,57,60,66-67H,7-10,12-13,15-16,18-19,21-22,24-25,27,32-37,39,41-42,44-45,47-56,58-59,61-65H2,1-6H3,(H-,70,72,74,75)/b14-11-,20-17+,26-23+,30-28+,31-29-,40-38+,46-43+,60-57-. The molecule has 3 atom stereocenters. The van der Waals surface area contributed by atoms with Gasteiger partial charge in [0, 0.05) is 12.8 Å². The van der Waals surface area contributed by atoms with Gasteiger partial charge in [-0.15, -0.1) is 0 Å². The lowest BCUT2D eigenvalue weighted by Gasteiger charge is -2.30. The summed E-state index contributed by atoms with van der Waals surface area (Å²) in [7, 11) is 1.15. The van der Waals surface area contributed by atoms with Gasteiger partial charge in [0.15, 0.2) is 0 Å². The van der Waals surface area contributed by atoms with Gasteiger partial charge < -0.3 is 28.5 Å². The van der Waals surface area contributed by atoms with Crippen LogP contribution in [-0.4, -0.2) is 69.4 Å². The first-order chi connectivity index (χ1) is 38.4. The molecule has 0 aromatic carbocycles. The maximum Gasteiger partial charge on any atom is 0.306 e. The average Bonchev–Trinajstić information content (AvgIpc) is 3.41. The Kier molecular flexibility index (Phi) is 55.9. The first kappa shape index (κ1) is 75.9. The third kappa shape index (κ3) is 59.4. The predicted molar refractivity (Wildman–Crippen MR) is 339 cm³/mol. The van der Waals surface area contributed by atoms with Crippen LogP contribution in [-0.2, 0) is 27.9 Å². The van der Waals surface area contributed by atoms with Crippen molar-refractivity contribution < 1.29 is 37.3 Å². The molecule has 0 saturated carbocycles. The fraction of sp³-hybridized carbons (Fsp3) is 0.739. The fourth-order valence-electron chi connectivity index (χ4n) is 9.14. The summed E-state index contributed by atoms with van der Waals surface area (Å²) in [6.07, 6.45) is 78.1. The molecule has 0 aromatic heterocycles. The molecule has 9 nitrogen and oxygen atoms in total. The lowest BCUT2D eigenvalue weighted by Crippen LogP contribution is -2.47. The van der Waals surface area contributed by atoms with Crippen molar-refractivity contribution in [2.24, 2.45) is 0 Å². The molecule has 0 aromatic rings. The van der Waals surface area contributed by atoms with Crippen molar-refractivity contribution in [3.63, 3.8) is 0 Å². The van der Waals surface area contributed by atoms with E-state index in [1.807, 2.05) is 94.1 Å². The van der Waals surface area contributed by atoms with E-state index >= 15 is 0 Å². The van der Waals surface area contributed by atoms with Crippen molar-refractivity contribution in [3.8, 4) is 0 Å². The van der Waals surface area contributed by atoms with Crippen molar-refractivity contribution in [1.29, 1.82) is 0 Å². The number of carbonyl (C=O) groups is 2. The number of hydrogen-bond acceptors (Lipinski definition) is 7. The number of unbranched alkanes of at least 4 members (excludes halogenated alkanes) is 33. The minimum Gasteiger partial charge on any atom is -0.756 e. The Hall–Kier alpha value is -3.07. The molecule has 0 aliphatic heterocycles. The number of allylic oxidation sites excluding steroid dienone is 15. The number of phosphoric acid groups is 1. The van der Waals surface area contributed by atoms with Crippen LogP contribution < -0.4 is 10.2 Å². The zero-order valence-corrected chi connectivity index (χ0v) is 52.9. The Bertz CT molecular complexity index is 1670. The lowest BCUT2D eigenvalue weighted by atomic mass is 10.0. The molecule has 0 radical (unpaired) electrons. The van der Waals surface area contributed by atoms with Gasteiger partial charge in [0.1, 0.15) is 19.3 Å². The van der Waals surface area contributed by atoms with Gasteiger partial charge in [-0.25, -0.2) is 0 Å². The summed E-state index contributed by atoms with van der Waals surface area (Å²) >= 11 is 0. The van der Waals surface area contributed by atoms with Crippen molar-refractivity contribution >= 4 is 19.7 Å². The molecule has 456 valence electrons. The van der Waals surface area contributed by atoms with Gasteiger partial charge in [0.2, 0.25) is 5.91 Å². The molecule has 0 fully saturated rings. The zero-order chi connectivity index (χ0) is 57.9. The van der Waals surface area contributed by atoms with Crippen molar-refractivity contribution in [2.75, 3.05) is 40.9 Å². The molecule has 0 aliphatic rings. The van der Waals surface area contributed by atoms with E-state index in [0.717, 1.165) is 64.2 Å². The van der Waals surface area contributed by atoms with E-state index in [0.29, 0.717) is 17.4 Å². The number of rotatable bonds is 58. The van der Waals surface area contributed by atoms with Crippen LogP contribution in [0, 0.1) is 0 Å². The molecule has 3 unspecified atom stereocenters. The van der Waals surface area contributed by atoms with Crippen LogP contribution in [0.25, 0.3) is 0 Å². The van der Waals surface area contributed by atoms with E-state index in [1.165, 1.54) is 173 Å². The topological polar surface area (TPSA) is 114 Å². The molecular weight excluding hydrogens is 1000 g/mol. The van der Waals surface area contributed by atoms with Crippen LogP contribution in [0.3, 0.4) is 0 Å². The van der Waals surface area contributed by atoms with E-state index in [2.05, 4.69) is 50.4 Å². The lowest BCUT2D eigenvalue weighted by molar-refractivity contribution is -0.870. The van der Waals surface area contributed by atoms with Crippen LogP contribution in [0.15, 0.2) is 97.2 Å². The second-order valence-corrected chi connectivity index (χ2v) is 24.4. The fourth-order valence-corrected chi connectivity index (χ4v) is 9.86. The first-order valence-electron chi connectivity index (χ1n) is 32.6. The highest BCUT2D eigenvalue weighted by Gasteiger charge is 2.27. The summed E-state index contributed by atoms with van der Waals surface area (Å²) in [5, 5.41) is 3.01. The highest BCUT2D eigenvalue weighted by atomic mass is 31.2. The van der Waals surface area contributed by atoms with Gasteiger partial charge in [-0.1, -0.05) is 285 Å².